The first-order valence-corrected chi connectivity index (χ1v) is 5.95. The molecule has 0 saturated heterocycles. The molecule has 0 heterocycles. The van der Waals surface area contributed by atoms with Crippen LogP contribution >= 0.6 is 0 Å². The molecule has 2 aromatic rings. The lowest BCUT2D eigenvalue weighted by atomic mass is 10.1. The van der Waals surface area contributed by atoms with Crippen LogP contribution in [0.3, 0.4) is 0 Å². The summed E-state index contributed by atoms with van der Waals surface area (Å²) in [7, 11) is 0. The fourth-order valence-electron chi connectivity index (χ4n) is 1.52. The van der Waals surface area contributed by atoms with Gasteiger partial charge >= 0.3 is 5.11 Å². The molecule has 0 amide bonds. The first kappa shape index (κ1) is 10.1. The molecular weight excluding hydrogens is 204 g/mol. The Labute approximate surface area is 93.1 Å². The van der Waals surface area contributed by atoms with E-state index in [0.29, 0.717) is 5.11 Å². The van der Waals surface area contributed by atoms with Gasteiger partial charge in [0.15, 0.2) is 6.26 Å². The molecule has 0 bridgehead atoms. The summed E-state index contributed by atoms with van der Waals surface area (Å²) in [4.78, 5) is 0. The van der Waals surface area contributed by atoms with Gasteiger partial charge < -0.3 is 0 Å². The van der Waals surface area contributed by atoms with Crippen molar-refractivity contribution in [3.63, 3.8) is 0 Å². The van der Waals surface area contributed by atoms with Crippen molar-refractivity contribution in [1.82, 2.24) is 0 Å². The van der Waals surface area contributed by atoms with E-state index in [1.807, 2.05) is 30.5 Å². The van der Waals surface area contributed by atoms with Crippen LogP contribution in [0.5, 0.6) is 0 Å². The van der Waals surface area contributed by atoms with E-state index in [2.05, 4.69) is 23.5 Å². The van der Waals surface area contributed by atoms with Crippen molar-refractivity contribution in [3.8, 4) is 0 Å². The SMILES string of the molecule is C/[S+]=C(\N)Nc1cccc2ccccc12. The molecule has 0 spiro atoms. The lowest BCUT2D eigenvalue weighted by Crippen LogP contribution is -2.23. The third-order valence-corrected chi connectivity index (χ3v) is 2.81. The molecule has 2 nitrogen and oxygen atoms in total. The molecule has 76 valence electrons. The topological polar surface area (TPSA) is 38.0 Å². The molecule has 2 rings (SSSR count). The van der Waals surface area contributed by atoms with Gasteiger partial charge in [0, 0.05) is 5.39 Å². The molecule has 3 N–H and O–H groups in total. The van der Waals surface area contributed by atoms with Gasteiger partial charge in [0.05, 0.1) is 5.69 Å². The van der Waals surface area contributed by atoms with E-state index >= 15 is 0 Å². The monoisotopic (exact) mass is 217 g/mol. The Bertz CT molecular complexity index is 500. The van der Waals surface area contributed by atoms with Gasteiger partial charge in [-0.1, -0.05) is 36.4 Å². The van der Waals surface area contributed by atoms with Crippen molar-refractivity contribution in [2.75, 3.05) is 11.6 Å². The van der Waals surface area contributed by atoms with Gasteiger partial charge in [0.25, 0.3) is 0 Å². The minimum absolute atomic E-state index is 0.714. The lowest BCUT2D eigenvalue weighted by molar-refractivity contribution is 1.64. The third-order valence-electron chi connectivity index (χ3n) is 2.27. The van der Waals surface area contributed by atoms with Crippen molar-refractivity contribution in [3.05, 3.63) is 42.5 Å². The van der Waals surface area contributed by atoms with Gasteiger partial charge in [-0.2, -0.15) is 0 Å². The Hall–Kier alpha value is -1.45. The lowest BCUT2D eigenvalue weighted by Gasteiger charge is -2.04. The Morgan fingerprint density at radius 3 is 2.67 bits per heavy atom. The van der Waals surface area contributed by atoms with E-state index in [-0.39, 0.29) is 0 Å². The van der Waals surface area contributed by atoms with E-state index in [0.717, 1.165) is 5.69 Å². The number of hydrogen-bond donors (Lipinski definition) is 2. The highest BCUT2D eigenvalue weighted by molar-refractivity contribution is 7.78. The third kappa shape index (κ3) is 2.14. The molecule has 0 aliphatic carbocycles. The van der Waals surface area contributed by atoms with Gasteiger partial charge in [-0.05, 0) is 11.5 Å². The zero-order chi connectivity index (χ0) is 10.7. The fraction of sp³-hybridized carbons (Fsp3) is 0.0833. The molecule has 0 fully saturated rings. The predicted molar refractivity (Wildman–Crippen MR) is 70.1 cm³/mol. The minimum atomic E-state index is 0.714. The minimum Gasteiger partial charge on any atom is -0.298 e. The Kier molecular flexibility index (Phi) is 2.94. The highest BCUT2D eigenvalue weighted by atomic mass is 32.1. The molecule has 0 saturated carbocycles. The van der Waals surface area contributed by atoms with Gasteiger partial charge in [-0.25, -0.2) is 5.73 Å². The van der Waals surface area contributed by atoms with Crippen LogP contribution in [0, 0.1) is 0 Å². The molecule has 0 aliphatic heterocycles. The number of nitrogens with one attached hydrogen (secondary N) is 1. The zero-order valence-electron chi connectivity index (χ0n) is 8.53. The maximum absolute atomic E-state index is 5.76. The van der Waals surface area contributed by atoms with Gasteiger partial charge in [0.1, 0.15) is 0 Å². The summed E-state index contributed by atoms with van der Waals surface area (Å²) in [6.45, 7) is 0. The second-order valence-electron chi connectivity index (χ2n) is 3.22. The number of rotatable bonds is 1. The highest BCUT2D eigenvalue weighted by Crippen LogP contribution is 2.22. The second kappa shape index (κ2) is 4.38. The normalized spacial score (nSPS) is 11.7. The van der Waals surface area contributed by atoms with Crippen LogP contribution < -0.4 is 11.1 Å². The molecule has 0 unspecified atom stereocenters. The average Bonchev–Trinajstić information content (AvgIpc) is 2.29. The van der Waals surface area contributed by atoms with E-state index in [1.165, 1.54) is 22.1 Å². The number of nitrogens with two attached hydrogens (primary N) is 1. The number of anilines is 1. The molecule has 0 aromatic heterocycles. The van der Waals surface area contributed by atoms with E-state index in [4.69, 9.17) is 5.73 Å². The predicted octanol–water partition coefficient (Wildman–Crippen LogP) is 2.01. The summed E-state index contributed by atoms with van der Waals surface area (Å²) < 4.78 is 0. The molecule has 0 aliphatic rings. The first-order chi connectivity index (χ1) is 7.31. The van der Waals surface area contributed by atoms with Crippen LogP contribution in [0.2, 0.25) is 0 Å². The summed E-state index contributed by atoms with van der Waals surface area (Å²) in [5, 5.41) is 6.32. The van der Waals surface area contributed by atoms with E-state index in [1.54, 1.807) is 0 Å². The highest BCUT2D eigenvalue weighted by Gasteiger charge is 2.04. The molecule has 3 heteroatoms. The van der Waals surface area contributed by atoms with E-state index in [9.17, 15) is 0 Å². The Morgan fingerprint density at radius 1 is 1.13 bits per heavy atom. The maximum Gasteiger partial charge on any atom is 0.342 e. The van der Waals surface area contributed by atoms with Crippen molar-refractivity contribution in [2.45, 2.75) is 0 Å². The Balaban J connectivity index is 2.51. The largest absolute Gasteiger partial charge is 0.342 e. The summed E-state index contributed by atoms with van der Waals surface area (Å²) in [5.74, 6) is 0. The van der Waals surface area contributed by atoms with Crippen molar-refractivity contribution < 1.29 is 0 Å². The van der Waals surface area contributed by atoms with Crippen molar-refractivity contribution in [2.24, 2.45) is 5.73 Å². The quantitative estimate of drug-likeness (QED) is 0.566. The number of hydrogen-bond acceptors (Lipinski definition) is 0. The molecule has 15 heavy (non-hydrogen) atoms. The second-order valence-corrected chi connectivity index (χ2v) is 4.07. The molecular formula is C12H13N2S+. The van der Waals surface area contributed by atoms with Crippen LogP contribution in [0.25, 0.3) is 10.8 Å². The summed E-state index contributed by atoms with van der Waals surface area (Å²) >= 11 is 1.51. The summed E-state index contributed by atoms with van der Waals surface area (Å²) in [6, 6.07) is 14.4. The Morgan fingerprint density at radius 2 is 1.87 bits per heavy atom. The average molecular weight is 217 g/mol. The number of fused-ring (bicyclic) bond motifs is 1. The van der Waals surface area contributed by atoms with Crippen molar-refractivity contribution >= 4 is 32.9 Å². The van der Waals surface area contributed by atoms with Crippen LogP contribution in [0.4, 0.5) is 5.69 Å². The summed E-state index contributed by atoms with van der Waals surface area (Å²) in [5.41, 5.74) is 6.82. The van der Waals surface area contributed by atoms with Crippen LogP contribution in [-0.4, -0.2) is 11.4 Å². The van der Waals surface area contributed by atoms with Crippen molar-refractivity contribution in [1.29, 1.82) is 0 Å². The molecule has 0 atom stereocenters. The smallest absolute Gasteiger partial charge is 0.298 e. The van der Waals surface area contributed by atoms with Crippen LogP contribution in [0.1, 0.15) is 0 Å². The van der Waals surface area contributed by atoms with Crippen LogP contribution in [-0.2, 0) is 11.4 Å². The summed E-state index contributed by atoms with van der Waals surface area (Å²) in [6.07, 6.45) is 1.95. The first-order valence-electron chi connectivity index (χ1n) is 4.72. The van der Waals surface area contributed by atoms with Gasteiger partial charge in [0.2, 0.25) is 11.4 Å². The maximum atomic E-state index is 5.76. The fourth-order valence-corrected chi connectivity index (χ4v) is 1.73. The van der Waals surface area contributed by atoms with Gasteiger partial charge in [-0.3, -0.25) is 5.32 Å². The number of benzene rings is 2. The van der Waals surface area contributed by atoms with Gasteiger partial charge in [-0.15, -0.1) is 0 Å². The van der Waals surface area contributed by atoms with E-state index < -0.39 is 0 Å². The molecule has 2 aromatic carbocycles. The zero-order valence-corrected chi connectivity index (χ0v) is 9.34. The molecule has 0 radical (unpaired) electrons. The standard InChI is InChI=1S/C12H13N2S/c1-15-12(13)14-11-8-4-6-9-5-2-3-7-10(9)11/h2-8,14H,13H2,1H3/q+1. The van der Waals surface area contributed by atoms with Crippen LogP contribution in [0.15, 0.2) is 42.5 Å².